The second-order valence-corrected chi connectivity index (χ2v) is 8.25. The summed E-state index contributed by atoms with van der Waals surface area (Å²) >= 11 is 0. The van der Waals surface area contributed by atoms with Crippen LogP contribution in [0.15, 0.2) is 66.7 Å². The number of Topliss-reactive ketones (excluding diaryl/α,β-unsaturated/α-hetero) is 1. The molecule has 0 aromatic heterocycles. The Morgan fingerprint density at radius 2 is 1.65 bits per heavy atom. The maximum Gasteiger partial charge on any atom is 0.241 e. The molecule has 4 rings (SSSR count). The molecule has 0 spiro atoms. The number of nitrogens with one attached hydrogen (secondary N) is 1. The third-order valence-corrected chi connectivity index (χ3v) is 6.14. The zero-order valence-electron chi connectivity index (χ0n) is 18.2. The lowest BCUT2D eigenvalue weighted by Gasteiger charge is -2.37. The molecular weight excluding hydrogens is 386 g/mol. The molecule has 5 nitrogen and oxygen atoms in total. The zero-order chi connectivity index (χ0) is 21.8. The van der Waals surface area contributed by atoms with Gasteiger partial charge in [0.15, 0.2) is 5.78 Å². The van der Waals surface area contributed by atoms with Gasteiger partial charge in [0.05, 0.1) is 6.04 Å². The molecule has 5 heteroatoms. The predicted molar refractivity (Wildman–Crippen MR) is 125 cm³/mol. The van der Waals surface area contributed by atoms with Crippen LogP contribution in [-0.2, 0) is 11.3 Å². The number of ketones is 1. The molecule has 0 radical (unpaired) electrons. The summed E-state index contributed by atoms with van der Waals surface area (Å²) in [5.74, 6) is -0.0466. The van der Waals surface area contributed by atoms with E-state index in [4.69, 9.17) is 0 Å². The number of anilines is 1. The molecule has 31 heavy (non-hydrogen) atoms. The normalized spacial score (nSPS) is 16.2. The fourth-order valence-corrected chi connectivity index (χ4v) is 4.21. The van der Waals surface area contributed by atoms with Gasteiger partial charge in [-0.05, 0) is 42.3 Å². The maximum atomic E-state index is 12.8. The predicted octanol–water partition coefficient (Wildman–Crippen LogP) is 4.19. The number of carbonyl (C=O) groups excluding carboxylic acids is 2. The van der Waals surface area contributed by atoms with Crippen LogP contribution < -0.4 is 5.32 Å². The van der Waals surface area contributed by atoms with E-state index in [1.54, 1.807) is 18.2 Å². The van der Waals surface area contributed by atoms with Crippen molar-refractivity contribution in [3.8, 4) is 0 Å². The van der Waals surface area contributed by atoms with Gasteiger partial charge in [-0.2, -0.15) is 0 Å². The molecule has 1 aliphatic heterocycles. The van der Waals surface area contributed by atoms with Gasteiger partial charge in [-0.3, -0.25) is 19.4 Å². The number of piperazine rings is 1. The average molecular weight is 416 g/mol. The maximum absolute atomic E-state index is 12.8. The minimum Gasteiger partial charge on any atom is -0.325 e. The number of nitrogens with zero attached hydrogens (tertiary/aromatic N) is 2. The van der Waals surface area contributed by atoms with Crippen molar-refractivity contribution >= 4 is 28.2 Å². The first kappa shape index (κ1) is 21.2. The SMILES string of the molecule is CC(=O)c1cccc(NC(=O)[C@@H](C)N2CCN(Cc3cccc4ccccc34)CC2)c1. The molecule has 0 unspecified atom stereocenters. The lowest BCUT2D eigenvalue weighted by molar-refractivity contribution is -0.121. The number of carbonyl (C=O) groups is 2. The number of hydrogen-bond acceptors (Lipinski definition) is 4. The van der Waals surface area contributed by atoms with Crippen LogP contribution >= 0.6 is 0 Å². The van der Waals surface area contributed by atoms with E-state index in [-0.39, 0.29) is 17.7 Å². The summed E-state index contributed by atoms with van der Waals surface area (Å²) in [6.45, 7) is 7.97. The molecule has 3 aromatic rings. The van der Waals surface area contributed by atoms with E-state index in [1.165, 1.54) is 23.3 Å². The average Bonchev–Trinajstić information content (AvgIpc) is 2.79. The Morgan fingerprint density at radius 3 is 2.42 bits per heavy atom. The van der Waals surface area contributed by atoms with E-state index in [2.05, 4.69) is 57.6 Å². The Balaban J connectivity index is 1.33. The number of amides is 1. The Bertz CT molecular complexity index is 1080. The highest BCUT2D eigenvalue weighted by Gasteiger charge is 2.26. The molecule has 1 atom stereocenters. The van der Waals surface area contributed by atoms with Crippen LogP contribution in [0.5, 0.6) is 0 Å². The van der Waals surface area contributed by atoms with Crippen molar-refractivity contribution in [2.75, 3.05) is 31.5 Å². The number of rotatable bonds is 6. The first-order valence-electron chi connectivity index (χ1n) is 10.9. The molecule has 1 heterocycles. The van der Waals surface area contributed by atoms with Gasteiger partial charge in [-0.1, -0.05) is 54.6 Å². The number of benzene rings is 3. The fraction of sp³-hybridized carbons (Fsp3) is 0.308. The first-order valence-corrected chi connectivity index (χ1v) is 10.9. The molecule has 1 N–H and O–H groups in total. The van der Waals surface area contributed by atoms with Crippen LogP contribution in [-0.4, -0.2) is 53.7 Å². The van der Waals surface area contributed by atoms with Crippen LogP contribution in [0.1, 0.15) is 29.8 Å². The summed E-state index contributed by atoms with van der Waals surface area (Å²) in [4.78, 5) is 29.0. The summed E-state index contributed by atoms with van der Waals surface area (Å²) in [6.07, 6.45) is 0. The summed E-state index contributed by atoms with van der Waals surface area (Å²) in [6, 6.07) is 21.9. The van der Waals surface area contributed by atoms with Crippen LogP contribution in [0.2, 0.25) is 0 Å². The quantitative estimate of drug-likeness (QED) is 0.614. The minimum atomic E-state index is -0.222. The molecule has 1 amide bonds. The van der Waals surface area contributed by atoms with Crippen molar-refractivity contribution in [3.63, 3.8) is 0 Å². The fourth-order valence-electron chi connectivity index (χ4n) is 4.21. The Labute approximate surface area is 183 Å². The van der Waals surface area contributed by atoms with Crippen molar-refractivity contribution < 1.29 is 9.59 Å². The van der Waals surface area contributed by atoms with Gasteiger partial charge in [0.1, 0.15) is 0 Å². The standard InChI is InChI=1S/C26H29N3O2/c1-19(26(31)27-24-11-6-9-22(17-24)20(2)30)29-15-13-28(14-16-29)18-23-10-5-8-21-7-3-4-12-25(21)23/h3-12,17,19H,13-16,18H2,1-2H3,(H,27,31)/t19-/m1/s1. The number of fused-ring (bicyclic) bond motifs is 1. The molecule has 1 fully saturated rings. The second-order valence-electron chi connectivity index (χ2n) is 8.25. The van der Waals surface area contributed by atoms with E-state index < -0.39 is 0 Å². The molecule has 0 saturated carbocycles. The summed E-state index contributed by atoms with van der Waals surface area (Å²) < 4.78 is 0. The zero-order valence-corrected chi connectivity index (χ0v) is 18.2. The van der Waals surface area contributed by atoms with Crippen molar-refractivity contribution in [2.45, 2.75) is 26.4 Å². The minimum absolute atomic E-state index is 0.00790. The van der Waals surface area contributed by atoms with Gasteiger partial charge in [-0.15, -0.1) is 0 Å². The van der Waals surface area contributed by atoms with Crippen molar-refractivity contribution in [3.05, 3.63) is 77.9 Å². The molecular formula is C26H29N3O2. The first-order chi connectivity index (χ1) is 15.0. The van der Waals surface area contributed by atoms with E-state index in [0.29, 0.717) is 11.3 Å². The monoisotopic (exact) mass is 415 g/mol. The van der Waals surface area contributed by atoms with Crippen LogP contribution in [0.3, 0.4) is 0 Å². The Hall–Kier alpha value is -3.02. The highest BCUT2D eigenvalue weighted by atomic mass is 16.2. The topological polar surface area (TPSA) is 52.7 Å². The van der Waals surface area contributed by atoms with Gasteiger partial charge >= 0.3 is 0 Å². The molecule has 0 aliphatic carbocycles. The summed E-state index contributed by atoms with van der Waals surface area (Å²) in [7, 11) is 0. The lowest BCUT2D eigenvalue weighted by atomic mass is 10.0. The highest BCUT2D eigenvalue weighted by molar-refractivity contribution is 5.98. The molecule has 1 saturated heterocycles. The summed E-state index contributed by atoms with van der Waals surface area (Å²) in [5.41, 5.74) is 2.62. The van der Waals surface area contributed by atoms with Crippen molar-refractivity contribution in [2.24, 2.45) is 0 Å². The van der Waals surface area contributed by atoms with Gasteiger partial charge in [0, 0.05) is 44.0 Å². The Morgan fingerprint density at radius 1 is 0.935 bits per heavy atom. The van der Waals surface area contributed by atoms with E-state index >= 15 is 0 Å². The van der Waals surface area contributed by atoms with Gasteiger partial charge in [0.2, 0.25) is 5.91 Å². The molecule has 0 bridgehead atoms. The van der Waals surface area contributed by atoms with Crippen LogP contribution in [0.25, 0.3) is 10.8 Å². The van der Waals surface area contributed by atoms with Gasteiger partial charge in [0.25, 0.3) is 0 Å². The van der Waals surface area contributed by atoms with E-state index in [0.717, 1.165) is 32.7 Å². The van der Waals surface area contributed by atoms with E-state index in [9.17, 15) is 9.59 Å². The second kappa shape index (κ2) is 9.41. The largest absolute Gasteiger partial charge is 0.325 e. The van der Waals surface area contributed by atoms with Crippen LogP contribution in [0.4, 0.5) is 5.69 Å². The van der Waals surface area contributed by atoms with Crippen molar-refractivity contribution in [1.29, 1.82) is 0 Å². The van der Waals surface area contributed by atoms with E-state index in [1.807, 2.05) is 13.0 Å². The molecule has 3 aromatic carbocycles. The lowest BCUT2D eigenvalue weighted by Crippen LogP contribution is -2.52. The Kier molecular flexibility index (Phi) is 6.44. The highest BCUT2D eigenvalue weighted by Crippen LogP contribution is 2.21. The summed E-state index contributed by atoms with van der Waals surface area (Å²) in [5, 5.41) is 5.55. The van der Waals surface area contributed by atoms with Gasteiger partial charge < -0.3 is 5.32 Å². The third kappa shape index (κ3) is 5.01. The molecule has 160 valence electrons. The van der Waals surface area contributed by atoms with Crippen molar-refractivity contribution in [1.82, 2.24) is 9.80 Å². The molecule has 1 aliphatic rings. The van der Waals surface area contributed by atoms with Crippen LogP contribution in [0, 0.1) is 0 Å². The third-order valence-electron chi connectivity index (χ3n) is 6.14. The van der Waals surface area contributed by atoms with Gasteiger partial charge in [-0.25, -0.2) is 0 Å². The smallest absolute Gasteiger partial charge is 0.241 e. The number of hydrogen-bond donors (Lipinski definition) is 1.